The lowest BCUT2D eigenvalue weighted by Gasteiger charge is -2.03. The van der Waals surface area contributed by atoms with Crippen LogP contribution in [-0.2, 0) is 6.42 Å². The molecule has 0 aliphatic carbocycles. The van der Waals surface area contributed by atoms with Crippen molar-refractivity contribution in [3.63, 3.8) is 0 Å². The lowest BCUT2D eigenvalue weighted by Crippen LogP contribution is -1.97. The zero-order valence-corrected chi connectivity index (χ0v) is 11.8. The van der Waals surface area contributed by atoms with Crippen LogP contribution in [0.1, 0.15) is 11.4 Å². The largest absolute Gasteiger partial charge is 0.360 e. The Morgan fingerprint density at radius 3 is 2.82 bits per heavy atom. The molecular formula is C17H13N5. The van der Waals surface area contributed by atoms with Gasteiger partial charge in [0.05, 0.1) is 5.69 Å². The Morgan fingerprint density at radius 2 is 1.91 bits per heavy atom. The number of hydrogen-bond acceptors (Lipinski definition) is 4. The van der Waals surface area contributed by atoms with Crippen molar-refractivity contribution in [1.82, 2.24) is 24.9 Å². The first-order valence-electron chi connectivity index (χ1n) is 7.02. The van der Waals surface area contributed by atoms with Crippen molar-refractivity contribution in [2.75, 3.05) is 0 Å². The smallest absolute Gasteiger partial charge is 0.133 e. The first kappa shape index (κ1) is 12.6. The monoisotopic (exact) mass is 287 g/mol. The Balaban J connectivity index is 1.73. The second-order valence-electron chi connectivity index (χ2n) is 5.02. The van der Waals surface area contributed by atoms with Crippen molar-refractivity contribution in [3.8, 4) is 11.3 Å². The van der Waals surface area contributed by atoms with E-state index in [1.54, 1.807) is 18.6 Å². The van der Waals surface area contributed by atoms with E-state index in [1.165, 1.54) is 0 Å². The van der Waals surface area contributed by atoms with E-state index in [0.29, 0.717) is 6.42 Å². The van der Waals surface area contributed by atoms with E-state index < -0.39 is 0 Å². The molecule has 0 fully saturated rings. The molecule has 22 heavy (non-hydrogen) atoms. The van der Waals surface area contributed by atoms with Crippen molar-refractivity contribution in [2.45, 2.75) is 6.42 Å². The number of fused-ring (bicyclic) bond motifs is 1. The molecule has 1 N–H and O–H groups in total. The molecule has 0 radical (unpaired) electrons. The van der Waals surface area contributed by atoms with Crippen LogP contribution < -0.4 is 0 Å². The van der Waals surface area contributed by atoms with Gasteiger partial charge in [-0.15, -0.1) is 0 Å². The maximum Gasteiger partial charge on any atom is 0.133 e. The molecule has 0 amide bonds. The summed E-state index contributed by atoms with van der Waals surface area (Å²) in [5, 5.41) is 1.06. The van der Waals surface area contributed by atoms with E-state index in [1.807, 2.05) is 42.9 Å². The minimum Gasteiger partial charge on any atom is -0.360 e. The third-order valence-electron chi connectivity index (χ3n) is 3.55. The summed E-state index contributed by atoms with van der Waals surface area (Å²) in [4.78, 5) is 20.6. The average molecular weight is 287 g/mol. The van der Waals surface area contributed by atoms with E-state index in [9.17, 15) is 0 Å². The SMILES string of the molecule is c1cncc(Cc2nccc(-c3c[nH]c4ccncc34)n2)c1. The second kappa shape index (κ2) is 5.37. The number of hydrogen-bond donors (Lipinski definition) is 1. The third-order valence-corrected chi connectivity index (χ3v) is 3.55. The molecule has 0 unspecified atom stereocenters. The van der Waals surface area contributed by atoms with Gasteiger partial charge < -0.3 is 4.98 Å². The zero-order chi connectivity index (χ0) is 14.8. The third kappa shape index (κ3) is 2.33. The summed E-state index contributed by atoms with van der Waals surface area (Å²) in [6.07, 6.45) is 11.7. The van der Waals surface area contributed by atoms with E-state index in [0.717, 1.165) is 33.5 Å². The molecule has 0 saturated heterocycles. The van der Waals surface area contributed by atoms with Gasteiger partial charge in [-0.05, 0) is 23.8 Å². The van der Waals surface area contributed by atoms with Gasteiger partial charge in [0.25, 0.3) is 0 Å². The number of pyridine rings is 2. The molecule has 4 heterocycles. The minimum atomic E-state index is 0.669. The molecule has 4 aromatic rings. The Bertz CT molecular complexity index is 914. The maximum atomic E-state index is 4.67. The average Bonchev–Trinajstić information content (AvgIpc) is 3.00. The fourth-order valence-corrected chi connectivity index (χ4v) is 2.49. The van der Waals surface area contributed by atoms with Gasteiger partial charge in [0.1, 0.15) is 5.82 Å². The van der Waals surface area contributed by atoms with Gasteiger partial charge in [-0.25, -0.2) is 9.97 Å². The highest BCUT2D eigenvalue weighted by Gasteiger charge is 2.09. The second-order valence-corrected chi connectivity index (χ2v) is 5.02. The van der Waals surface area contributed by atoms with Crippen molar-refractivity contribution < 1.29 is 0 Å². The summed E-state index contributed by atoms with van der Waals surface area (Å²) in [6, 6.07) is 7.82. The Morgan fingerprint density at radius 1 is 0.955 bits per heavy atom. The maximum absolute atomic E-state index is 4.67. The molecule has 0 saturated carbocycles. The highest BCUT2D eigenvalue weighted by Crippen LogP contribution is 2.26. The Labute approximate surface area is 127 Å². The lowest BCUT2D eigenvalue weighted by atomic mass is 10.1. The Kier molecular flexibility index (Phi) is 3.08. The molecule has 0 bridgehead atoms. The van der Waals surface area contributed by atoms with Gasteiger partial charge in [0.2, 0.25) is 0 Å². The van der Waals surface area contributed by atoms with E-state index in [4.69, 9.17) is 0 Å². The van der Waals surface area contributed by atoms with Crippen molar-refractivity contribution >= 4 is 10.9 Å². The standard InChI is InChI=1S/C17H13N5/c1-2-12(9-18-5-1)8-17-20-7-4-16(22-17)14-11-21-15-3-6-19-10-13(14)15/h1-7,9-11,21H,8H2. The molecule has 0 aliphatic heterocycles. The fourth-order valence-electron chi connectivity index (χ4n) is 2.49. The van der Waals surface area contributed by atoms with Crippen LogP contribution in [0.5, 0.6) is 0 Å². The molecule has 4 aromatic heterocycles. The normalized spacial score (nSPS) is 10.9. The van der Waals surface area contributed by atoms with Gasteiger partial charge in [0, 0.05) is 60.1 Å². The Hall–Kier alpha value is -3.08. The topological polar surface area (TPSA) is 67.3 Å². The molecule has 5 heteroatoms. The summed E-state index contributed by atoms with van der Waals surface area (Å²) in [5.74, 6) is 0.781. The van der Waals surface area contributed by atoms with Gasteiger partial charge in [-0.1, -0.05) is 6.07 Å². The molecule has 0 aromatic carbocycles. The summed E-state index contributed by atoms with van der Waals surface area (Å²) in [5.41, 5.74) is 4.09. The van der Waals surface area contributed by atoms with Crippen LogP contribution in [0.4, 0.5) is 0 Å². The predicted molar refractivity (Wildman–Crippen MR) is 84.2 cm³/mol. The number of nitrogens with one attached hydrogen (secondary N) is 1. The summed E-state index contributed by atoms with van der Waals surface area (Å²) in [6.45, 7) is 0. The molecule has 0 spiro atoms. The van der Waals surface area contributed by atoms with Crippen LogP contribution in [0.15, 0.2) is 61.4 Å². The van der Waals surface area contributed by atoms with Gasteiger partial charge in [-0.3, -0.25) is 9.97 Å². The van der Waals surface area contributed by atoms with E-state index in [-0.39, 0.29) is 0 Å². The van der Waals surface area contributed by atoms with Crippen LogP contribution in [0, 0.1) is 0 Å². The van der Waals surface area contributed by atoms with Crippen LogP contribution in [0.25, 0.3) is 22.2 Å². The van der Waals surface area contributed by atoms with Gasteiger partial charge in [-0.2, -0.15) is 0 Å². The molecule has 4 rings (SSSR count). The summed E-state index contributed by atoms with van der Waals surface area (Å²) >= 11 is 0. The number of H-pyrrole nitrogens is 1. The van der Waals surface area contributed by atoms with Crippen molar-refractivity contribution in [3.05, 3.63) is 72.8 Å². The first-order chi connectivity index (χ1) is 10.9. The number of nitrogens with zero attached hydrogens (tertiary/aromatic N) is 4. The quantitative estimate of drug-likeness (QED) is 0.629. The predicted octanol–water partition coefficient (Wildman–Crippen LogP) is 3.01. The van der Waals surface area contributed by atoms with Crippen LogP contribution in [0.3, 0.4) is 0 Å². The highest BCUT2D eigenvalue weighted by molar-refractivity contribution is 5.93. The molecular weight excluding hydrogens is 274 g/mol. The summed E-state index contributed by atoms with van der Waals surface area (Å²) in [7, 11) is 0. The zero-order valence-electron chi connectivity index (χ0n) is 11.8. The van der Waals surface area contributed by atoms with Crippen LogP contribution in [0.2, 0.25) is 0 Å². The fraction of sp³-hybridized carbons (Fsp3) is 0.0588. The molecule has 0 aliphatic rings. The van der Waals surface area contributed by atoms with Crippen molar-refractivity contribution in [1.29, 1.82) is 0 Å². The van der Waals surface area contributed by atoms with E-state index >= 15 is 0 Å². The molecule has 5 nitrogen and oxygen atoms in total. The number of aromatic nitrogens is 5. The lowest BCUT2D eigenvalue weighted by molar-refractivity contribution is 0.965. The summed E-state index contributed by atoms with van der Waals surface area (Å²) < 4.78 is 0. The van der Waals surface area contributed by atoms with E-state index in [2.05, 4.69) is 24.9 Å². The highest BCUT2D eigenvalue weighted by atomic mass is 14.9. The number of rotatable bonds is 3. The molecule has 106 valence electrons. The van der Waals surface area contributed by atoms with Gasteiger partial charge >= 0.3 is 0 Å². The van der Waals surface area contributed by atoms with Crippen LogP contribution in [-0.4, -0.2) is 24.9 Å². The van der Waals surface area contributed by atoms with Crippen LogP contribution >= 0.6 is 0 Å². The van der Waals surface area contributed by atoms with Gasteiger partial charge in [0.15, 0.2) is 0 Å². The molecule has 0 atom stereocenters. The van der Waals surface area contributed by atoms with Crippen molar-refractivity contribution in [2.24, 2.45) is 0 Å². The number of aromatic amines is 1. The first-order valence-corrected chi connectivity index (χ1v) is 7.02. The minimum absolute atomic E-state index is 0.669.